The number of phenolic OH excluding ortho intramolecular Hbond substituents is 1. The highest BCUT2D eigenvalue weighted by Crippen LogP contribution is 2.17. The maximum atomic E-state index is 9.20. The van der Waals surface area contributed by atoms with E-state index in [2.05, 4.69) is 29.8 Å². The predicted molar refractivity (Wildman–Crippen MR) is 67.7 cm³/mol. The normalized spacial score (nSPS) is 12.6. The number of nitrogens with one attached hydrogen (secondary N) is 1. The molecule has 0 spiro atoms. The molecule has 0 aliphatic heterocycles. The van der Waals surface area contributed by atoms with Crippen LogP contribution < -0.4 is 5.32 Å². The number of rotatable bonds is 4. The van der Waals surface area contributed by atoms with E-state index >= 15 is 0 Å². The Morgan fingerprint density at radius 1 is 1.25 bits per heavy atom. The summed E-state index contributed by atoms with van der Waals surface area (Å²) in [5.74, 6) is 0.314. The largest absolute Gasteiger partial charge is 0.508 e. The number of aromatic hydroxyl groups is 1. The summed E-state index contributed by atoms with van der Waals surface area (Å²) >= 11 is 1.76. The quantitative estimate of drug-likeness (QED) is 0.849. The van der Waals surface area contributed by atoms with E-state index in [4.69, 9.17) is 0 Å². The Kier molecular flexibility index (Phi) is 3.59. The first-order chi connectivity index (χ1) is 7.75. The van der Waals surface area contributed by atoms with Crippen molar-refractivity contribution in [1.29, 1.82) is 0 Å². The summed E-state index contributed by atoms with van der Waals surface area (Å²) in [6, 6.07) is 11.8. The van der Waals surface area contributed by atoms with Gasteiger partial charge in [-0.25, -0.2) is 0 Å². The molecule has 0 bridgehead atoms. The summed E-state index contributed by atoms with van der Waals surface area (Å²) in [6.45, 7) is 3.01. The van der Waals surface area contributed by atoms with E-state index in [1.54, 1.807) is 23.5 Å². The first-order valence-corrected chi connectivity index (χ1v) is 6.18. The third-order valence-corrected chi connectivity index (χ3v) is 3.43. The maximum Gasteiger partial charge on any atom is 0.115 e. The van der Waals surface area contributed by atoms with Gasteiger partial charge in [0.05, 0.1) is 0 Å². The van der Waals surface area contributed by atoms with Crippen molar-refractivity contribution >= 4 is 11.3 Å². The fourth-order valence-corrected chi connectivity index (χ4v) is 2.20. The molecule has 3 heteroatoms. The molecule has 1 aromatic carbocycles. The van der Waals surface area contributed by atoms with Crippen molar-refractivity contribution < 1.29 is 5.11 Å². The van der Waals surface area contributed by atoms with E-state index in [0.717, 1.165) is 6.54 Å². The van der Waals surface area contributed by atoms with Gasteiger partial charge in [0.1, 0.15) is 5.75 Å². The maximum absolute atomic E-state index is 9.20. The van der Waals surface area contributed by atoms with Crippen LogP contribution in [-0.2, 0) is 6.54 Å². The molecule has 0 amide bonds. The highest BCUT2D eigenvalue weighted by atomic mass is 32.1. The Balaban J connectivity index is 1.93. The second-order valence-electron chi connectivity index (χ2n) is 3.77. The van der Waals surface area contributed by atoms with Crippen molar-refractivity contribution in [2.75, 3.05) is 0 Å². The number of phenols is 1. The lowest BCUT2D eigenvalue weighted by Crippen LogP contribution is -2.17. The number of thiophene rings is 1. The molecule has 0 radical (unpaired) electrons. The first kappa shape index (κ1) is 11.2. The first-order valence-electron chi connectivity index (χ1n) is 5.30. The highest BCUT2D eigenvalue weighted by molar-refractivity contribution is 7.09. The van der Waals surface area contributed by atoms with E-state index in [9.17, 15) is 5.11 Å². The van der Waals surface area contributed by atoms with E-state index in [0.29, 0.717) is 11.8 Å². The number of benzene rings is 1. The SMILES string of the molecule is CC(NCc1cccs1)c1ccc(O)cc1. The molecule has 0 aliphatic rings. The molecule has 0 aliphatic carbocycles. The minimum Gasteiger partial charge on any atom is -0.508 e. The zero-order chi connectivity index (χ0) is 11.4. The summed E-state index contributed by atoms with van der Waals surface area (Å²) in [7, 11) is 0. The zero-order valence-electron chi connectivity index (χ0n) is 9.18. The van der Waals surface area contributed by atoms with Crippen molar-refractivity contribution in [1.82, 2.24) is 5.32 Å². The molecule has 1 aromatic heterocycles. The molecule has 1 unspecified atom stereocenters. The van der Waals surface area contributed by atoms with Crippen LogP contribution in [0, 0.1) is 0 Å². The van der Waals surface area contributed by atoms with Crippen molar-refractivity contribution in [3.05, 3.63) is 52.2 Å². The van der Waals surface area contributed by atoms with Crippen LogP contribution in [0.5, 0.6) is 5.75 Å². The molecule has 2 N–H and O–H groups in total. The van der Waals surface area contributed by atoms with Crippen LogP contribution in [0.3, 0.4) is 0 Å². The Bertz CT molecular complexity index is 422. The van der Waals surface area contributed by atoms with Gasteiger partial charge in [-0.05, 0) is 36.1 Å². The Morgan fingerprint density at radius 2 is 2.00 bits per heavy atom. The van der Waals surface area contributed by atoms with Gasteiger partial charge in [0.15, 0.2) is 0 Å². The molecule has 1 atom stereocenters. The van der Waals surface area contributed by atoms with Gasteiger partial charge in [-0.2, -0.15) is 0 Å². The monoisotopic (exact) mass is 233 g/mol. The van der Waals surface area contributed by atoms with Gasteiger partial charge in [-0.1, -0.05) is 18.2 Å². The zero-order valence-corrected chi connectivity index (χ0v) is 10.00. The van der Waals surface area contributed by atoms with Crippen molar-refractivity contribution in [2.24, 2.45) is 0 Å². The van der Waals surface area contributed by atoms with Crippen LogP contribution in [0.2, 0.25) is 0 Å². The third-order valence-electron chi connectivity index (χ3n) is 2.56. The average Bonchev–Trinajstić information content (AvgIpc) is 2.80. The molecule has 0 fully saturated rings. The highest BCUT2D eigenvalue weighted by Gasteiger charge is 2.04. The van der Waals surface area contributed by atoms with Crippen LogP contribution in [0.1, 0.15) is 23.4 Å². The topological polar surface area (TPSA) is 32.3 Å². The number of hydrogen-bond donors (Lipinski definition) is 2. The predicted octanol–water partition coefficient (Wildman–Crippen LogP) is 3.30. The molecule has 2 aromatic rings. The van der Waals surface area contributed by atoms with Crippen LogP contribution in [0.4, 0.5) is 0 Å². The molecule has 84 valence electrons. The average molecular weight is 233 g/mol. The van der Waals surface area contributed by atoms with E-state index in [1.165, 1.54) is 10.4 Å². The van der Waals surface area contributed by atoms with Gasteiger partial charge in [0.2, 0.25) is 0 Å². The number of hydrogen-bond acceptors (Lipinski definition) is 3. The Morgan fingerprint density at radius 3 is 2.62 bits per heavy atom. The fourth-order valence-electron chi connectivity index (χ4n) is 1.55. The second-order valence-corrected chi connectivity index (χ2v) is 4.81. The minimum atomic E-state index is 0.294. The third kappa shape index (κ3) is 2.84. The van der Waals surface area contributed by atoms with Gasteiger partial charge in [0, 0.05) is 17.5 Å². The van der Waals surface area contributed by atoms with Crippen LogP contribution in [0.25, 0.3) is 0 Å². The molecular weight excluding hydrogens is 218 g/mol. The lowest BCUT2D eigenvalue weighted by molar-refractivity contribution is 0.474. The van der Waals surface area contributed by atoms with Crippen LogP contribution in [0.15, 0.2) is 41.8 Å². The minimum absolute atomic E-state index is 0.294. The summed E-state index contributed by atoms with van der Waals surface area (Å²) < 4.78 is 0. The summed E-state index contributed by atoms with van der Waals surface area (Å²) in [5.41, 5.74) is 1.19. The van der Waals surface area contributed by atoms with Gasteiger partial charge >= 0.3 is 0 Å². The van der Waals surface area contributed by atoms with Crippen molar-refractivity contribution in [3.63, 3.8) is 0 Å². The van der Waals surface area contributed by atoms with Gasteiger partial charge < -0.3 is 10.4 Å². The molecule has 16 heavy (non-hydrogen) atoms. The Labute approximate surface area is 99.6 Å². The lowest BCUT2D eigenvalue weighted by atomic mass is 10.1. The molecule has 2 nitrogen and oxygen atoms in total. The fraction of sp³-hybridized carbons (Fsp3) is 0.231. The molecule has 1 heterocycles. The molecular formula is C13H15NOS. The van der Waals surface area contributed by atoms with Crippen molar-refractivity contribution in [3.8, 4) is 5.75 Å². The smallest absolute Gasteiger partial charge is 0.115 e. The van der Waals surface area contributed by atoms with Crippen LogP contribution in [-0.4, -0.2) is 5.11 Å². The lowest BCUT2D eigenvalue weighted by Gasteiger charge is -2.13. The summed E-state index contributed by atoms with van der Waals surface area (Å²) in [6.07, 6.45) is 0. The summed E-state index contributed by atoms with van der Waals surface area (Å²) in [5, 5.41) is 14.7. The van der Waals surface area contributed by atoms with Crippen molar-refractivity contribution in [2.45, 2.75) is 19.5 Å². The van der Waals surface area contributed by atoms with Gasteiger partial charge in [-0.15, -0.1) is 11.3 Å². The summed E-state index contributed by atoms with van der Waals surface area (Å²) in [4.78, 5) is 1.34. The Hall–Kier alpha value is -1.32. The van der Waals surface area contributed by atoms with E-state index in [-0.39, 0.29) is 0 Å². The second kappa shape index (κ2) is 5.14. The molecule has 0 saturated carbocycles. The van der Waals surface area contributed by atoms with Gasteiger partial charge in [0.25, 0.3) is 0 Å². The molecule has 2 rings (SSSR count). The van der Waals surface area contributed by atoms with Crippen LogP contribution >= 0.6 is 11.3 Å². The molecule has 0 saturated heterocycles. The van der Waals surface area contributed by atoms with E-state index in [1.807, 2.05) is 12.1 Å². The van der Waals surface area contributed by atoms with E-state index < -0.39 is 0 Å². The standard InChI is InChI=1S/C13H15NOS/c1-10(11-4-6-12(15)7-5-11)14-9-13-3-2-8-16-13/h2-8,10,14-15H,9H2,1H3. The van der Waals surface area contributed by atoms with Gasteiger partial charge in [-0.3, -0.25) is 0 Å².